The molecule has 1 fully saturated rings. The predicted octanol–water partition coefficient (Wildman–Crippen LogP) is 4.78. The van der Waals surface area contributed by atoms with E-state index in [-0.39, 0.29) is 6.29 Å². The van der Waals surface area contributed by atoms with Gasteiger partial charge in [0.05, 0.1) is 6.61 Å². The van der Waals surface area contributed by atoms with E-state index in [1.54, 1.807) is 0 Å². The summed E-state index contributed by atoms with van der Waals surface area (Å²) in [6.07, 6.45) is 20.8. The van der Waals surface area contributed by atoms with Crippen LogP contribution in [0.4, 0.5) is 0 Å². The largest absolute Gasteiger partial charge is 0.353 e. The molecule has 0 aromatic heterocycles. The van der Waals surface area contributed by atoms with Crippen molar-refractivity contribution in [2.75, 3.05) is 13.2 Å². The van der Waals surface area contributed by atoms with Gasteiger partial charge in [0.25, 0.3) is 0 Å². The summed E-state index contributed by atoms with van der Waals surface area (Å²) in [6.45, 7) is 3.85. The lowest BCUT2D eigenvalue weighted by Crippen LogP contribution is -2.22. The minimum Gasteiger partial charge on any atom is -0.353 e. The van der Waals surface area contributed by atoms with Crippen molar-refractivity contribution in [2.24, 2.45) is 0 Å². The third-order valence-corrected chi connectivity index (χ3v) is 3.02. The van der Waals surface area contributed by atoms with Crippen LogP contribution < -0.4 is 0 Å². The normalized spacial score (nSPS) is 21.0. The van der Waals surface area contributed by atoms with Crippen molar-refractivity contribution in [1.82, 2.24) is 0 Å². The van der Waals surface area contributed by atoms with Gasteiger partial charge in [0, 0.05) is 6.61 Å². The van der Waals surface area contributed by atoms with E-state index in [9.17, 15) is 0 Å². The van der Waals surface area contributed by atoms with Crippen molar-refractivity contribution in [1.29, 1.82) is 0 Å². The Morgan fingerprint density at radius 2 is 1.84 bits per heavy atom. The highest BCUT2D eigenvalue weighted by Crippen LogP contribution is 2.13. The van der Waals surface area contributed by atoms with E-state index >= 15 is 0 Å². The molecule has 0 amide bonds. The summed E-state index contributed by atoms with van der Waals surface area (Å²) in [6, 6.07) is 0. The summed E-state index contributed by atoms with van der Waals surface area (Å²) in [5.74, 6) is 0. The Balaban J connectivity index is 1.92. The molecule has 0 saturated carbocycles. The van der Waals surface area contributed by atoms with Gasteiger partial charge in [0.15, 0.2) is 6.29 Å². The van der Waals surface area contributed by atoms with Crippen molar-refractivity contribution >= 4 is 0 Å². The van der Waals surface area contributed by atoms with Crippen molar-refractivity contribution in [3.8, 4) is 0 Å². The monoisotopic (exact) mass is 264 g/mol. The molecule has 1 unspecified atom stereocenters. The summed E-state index contributed by atoms with van der Waals surface area (Å²) in [4.78, 5) is 0. The van der Waals surface area contributed by atoms with Crippen LogP contribution in [-0.4, -0.2) is 19.5 Å². The molecule has 19 heavy (non-hydrogen) atoms. The Bertz CT molecular complexity index is 273. The summed E-state index contributed by atoms with van der Waals surface area (Å²) < 4.78 is 11.2. The van der Waals surface area contributed by atoms with E-state index in [4.69, 9.17) is 9.47 Å². The maximum Gasteiger partial charge on any atom is 0.157 e. The Labute approximate surface area is 118 Å². The van der Waals surface area contributed by atoms with Crippen molar-refractivity contribution in [2.45, 2.75) is 58.2 Å². The maximum atomic E-state index is 5.67. The van der Waals surface area contributed by atoms with Crippen LogP contribution in [0.1, 0.15) is 51.9 Å². The van der Waals surface area contributed by atoms with Gasteiger partial charge in [0.1, 0.15) is 0 Å². The molecule has 1 heterocycles. The topological polar surface area (TPSA) is 18.5 Å². The molecule has 0 aliphatic carbocycles. The Morgan fingerprint density at radius 3 is 2.53 bits per heavy atom. The molecular formula is C17H28O2. The smallest absolute Gasteiger partial charge is 0.157 e. The van der Waals surface area contributed by atoms with Gasteiger partial charge in [-0.25, -0.2) is 0 Å². The SMILES string of the molecule is CCC/C=C/C=C\C=C\CCCOC1CCCCO1. The van der Waals surface area contributed by atoms with Crippen LogP contribution in [0.5, 0.6) is 0 Å². The molecule has 0 aromatic carbocycles. The average molecular weight is 264 g/mol. The van der Waals surface area contributed by atoms with Crippen molar-refractivity contribution in [3.05, 3.63) is 36.5 Å². The van der Waals surface area contributed by atoms with E-state index in [1.807, 2.05) is 0 Å². The number of ether oxygens (including phenoxy) is 2. The molecule has 108 valence electrons. The fourth-order valence-corrected chi connectivity index (χ4v) is 1.90. The third kappa shape index (κ3) is 9.69. The van der Waals surface area contributed by atoms with Crippen LogP contribution in [-0.2, 0) is 9.47 Å². The molecule has 0 spiro atoms. The Hall–Kier alpha value is -0.860. The van der Waals surface area contributed by atoms with Crippen LogP contribution in [0.3, 0.4) is 0 Å². The fraction of sp³-hybridized carbons (Fsp3) is 0.647. The van der Waals surface area contributed by atoms with Crippen molar-refractivity contribution < 1.29 is 9.47 Å². The first-order valence-corrected chi connectivity index (χ1v) is 7.65. The standard InChI is InChI=1S/C17H28O2/c1-2-3-4-5-6-7-8-9-10-12-15-18-17-14-11-13-16-19-17/h4-9,17H,2-3,10-16H2,1H3/b5-4+,7-6-,9-8+. The molecule has 1 rings (SSSR count). The summed E-state index contributed by atoms with van der Waals surface area (Å²) in [7, 11) is 0. The lowest BCUT2D eigenvalue weighted by atomic mass is 10.2. The van der Waals surface area contributed by atoms with Crippen LogP contribution in [0.15, 0.2) is 36.5 Å². The predicted molar refractivity (Wildman–Crippen MR) is 81.1 cm³/mol. The molecule has 0 aromatic rings. The van der Waals surface area contributed by atoms with Gasteiger partial charge in [-0.05, 0) is 38.5 Å². The van der Waals surface area contributed by atoms with Gasteiger partial charge in [-0.2, -0.15) is 0 Å². The molecule has 1 aliphatic heterocycles. The molecule has 1 aliphatic rings. The van der Waals surface area contributed by atoms with Crippen LogP contribution in [0.2, 0.25) is 0 Å². The minimum atomic E-state index is 0.0568. The fourth-order valence-electron chi connectivity index (χ4n) is 1.90. The second kappa shape index (κ2) is 12.2. The van der Waals surface area contributed by atoms with Gasteiger partial charge in [-0.1, -0.05) is 49.8 Å². The van der Waals surface area contributed by atoms with Gasteiger partial charge in [-0.15, -0.1) is 0 Å². The second-order valence-electron chi connectivity index (χ2n) is 4.84. The molecular weight excluding hydrogens is 236 g/mol. The summed E-state index contributed by atoms with van der Waals surface area (Å²) in [5, 5.41) is 0. The van der Waals surface area contributed by atoms with E-state index in [0.29, 0.717) is 0 Å². The molecule has 0 N–H and O–H groups in total. The van der Waals surface area contributed by atoms with E-state index in [0.717, 1.165) is 38.9 Å². The molecule has 0 bridgehead atoms. The zero-order valence-corrected chi connectivity index (χ0v) is 12.2. The van der Waals surface area contributed by atoms with Gasteiger partial charge in [-0.3, -0.25) is 0 Å². The number of rotatable bonds is 9. The number of allylic oxidation sites excluding steroid dienone is 6. The van der Waals surface area contributed by atoms with Gasteiger partial charge < -0.3 is 9.47 Å². The summed E-state index contributed by atoms with van der Waals surface area (Å²) >= 11 is 0. The highest BCUT2D eigenvalue weighted by Gasteiger charge is 2.12. The number of hydrogen-bond acceptors (Lipinski definition) is 2. The molecule has 1 saturated heterocycles. The molecule has 2 nitrogen and oxygen atoms in total. The highest BCUT2D eigenvalue weighted by atomic mass is 16.7. The third-order valence-electron chi connectivity index (χ3n) is 3.02. The van der Waals surface area contributed by atoms with E-state index in [2.05, 4.69) is 43.4 Å². The molecule has 1 atom stereocenters. The zero-order valence-electron chi connectivity index (χ0n) is 12.2. The second-order valence-corrected chi connectivity index (χ2v) is 4.84. The quantitative estimate of drug-likeness (QED) is 0.441. The first kappa shape index (κ1) is 16.2. The Morgan fingerprint density at radius 1 is 1.05 bits per heavy atom. The minimum absolute atomic E-state index is 0.0568. The zero-order chi connectivity index (χ0) is 13.6. The van der Waals surface area contributed by atoms with Crippen LogP contribution in [0.25, 0.3) is 0 Å². The van der Waals surface area contributed by atoms with Crippen LogP contribution in [0, 0.1) is 0 Å². The van der Waals surface area contributed by atoms with E-state index < -0.39 is 0 Å². The lowest BCUT2D eigenvalue weighted by molar-refractivity contribution is -0.162. The molecule has 0 radical (unpaired) electrons. The average Bonchev–Trinajstić information content (AvgIpc) is 2.46. The van der Waals surface area contributed by atoms with Crippen molar-refractivity contribution in [3.63, 3.8) is 0 Å². The van der Waals surface area contributed by atoms with Gasteiger partial charge >= 0.3 is 0 Å². The van der Waals surface area contributed by atoms with Crippen LogP contribution >= 0.6 is 0 Å². The number of hydrogen-bond donors (Lipinski definition) is 0. The maximum absolute atomic E-state index is 5.67. The van der Waals surface area contributed by atoms with Gasteiger partial charge in [0.2, 0.25) is 0 Å². The summed E-state index contributed by atoms with van der Waals surface area (Å²) in [5.41, 5.74) is 0. The number of unbranched alkanes of at least 4 members (excludes halogenated alkanes) is 2. The first-order valence-electron chi connectivity index (χ1n) is 7.65. The highest BCUT2D eigenvalue weighted by molar-refractivity contribution is 5.10. The lowest BCUT2D eigenvalue weighted by Gasteiger charge is -2.22. The molecule has 2 heteroatoms. The Kier molecular flexibility index (Phi) is 10.4. The van der Waals surface area contributed by atoms with E-state index in [1.165, 1.54) is 19.3 Å². The first-order chi connectivity index (χ1) is 9.43.